The summed E-state index contributed by atoms with van der Waals surface area (Å²) in [7, 11) is 0. The van der Waals surface area contributed by atoms with Crippen LogP contribution < -0.4 is 0 Å². The molecule has 0 unspecified atom stereocenters. The molecule has 0 radical (unpaired) electrons. The SMILES string of the molecule is C=CC(=O)N1CC[C@H](OCc2cccc(CC)c2)C1. The maximum absolute atomic E-state index is 11.5. The van der Waals surface area contributed by atoms with E-state index in [9.17, 15) is 4.79 Å². The molecule has 1 aliphatic rings. The van der Waals surface area contributed by atoms with Crippen molar-refractivity contribution < 1.29 is 9.53 Å². The van der Waals surface area contributed by atoms with Crippen LogP contribution in [0.4, 0.5) is 0 Å². The van der Waals surface area contributed by atoms with Gasteiger partial charge in [0, 0.05) is 13.1 Å². The van der Waals surface area contributed by atoms with Crippen molar-refractivity contribution in [3.63, 3.8) is 0 Å². The Kier molecular flexibility index (Phi) is 4.74. The standard InChI is InChI=1S/C16H21NO2/c1-3-13-6-5-7-14(10-13)12-19-15-8-9-17(11-15)16(18)4-2/h4-7,10,15H,2-3,8-9,11-12H2,1H3/t15-/m0/s1. The fourth-order valence-electron chi connectivity index (χ4n) is 2.35. The van der Waals surface area contributed by atoms with Crippen molar-refractivity contribution in [3.05, 3.63) is 48.0 Å². The summed E-state index contributed by atoms with van der Waals surface area (Å²) in [5.74, 6) is -0.000852. The van der Waals surface area contributed by atoms with E-state index in [1.165, 1.54) is 17.2 Å². The second-order valence-electron chi connectivity index (χ2n) is 4.88. The van der Waals surface area contributed by atoms with Crippen LogP contribution in [0, 0.1) is 0 Å². The molecule has 1 aliphatic heterocycles. The van der Waals surface area contributed by atoms with Gasteiger partial charge >= 0.3 is 0 Å². The van der Waals surface area contributed by atoms with E-state index >= 15 is 0 Å². The van der Waals surface area contributed by atoms with E-state index < -0.39 is 0 Å². The number of benzene rings is 1. The second-order valence-corrected chi connectivity index (χ2v) is 4.88. The van der Waals surface area contributed by atoms with Crippen LogP contribution in [0.2, 0.25) is 0 Å². The number of carbonyl (C=O) groups excluding carboxylic acids is 1. The minimum atomic E-state index is -0.000852. The zero-order valence-electron chi connectivity index (χ0n) is 11.5. The van der Waals surface area contributed by atoms with Crippen LogP contribution in [0.25, 0.3) is 0 Å². The summed E-state index contributed by atoms with van der Waals surface area (Å²) in [4.78, 5) is 13.3. The first-order valence-corrected chi connectivity index (χ1v) is 6.83. The minimum absolute atomic E-state index is 0.000852. The topological polar surface area (TPSA) is 29.5 Å². The monoisotopic (exact) mass is 259 g/mol. The number of ether oxygens (including phenoxy) is 1. The van der Waals surface area contributed by atoms with Crippen molar-refractivity contribution in [2.45, 2.75) is 32.5 Å². The highest BCUT2D eigenvalue weighted by atomic mass is 16.5. The number of rotatable bonds is 5. The van der Waals surface area contributed by atoms with Crippen molar-refractivity contribution in [1.82, 2.24) is 4.90 Å². The van der Waals surface area contributed by atoms with E-state index in [4.69, 9.17) is 4.74 Å². The predicted molar refractivity (Wildman–Crippen MR) is 75.8 cm³/mol. The lowest BCUT2D eigenvalue weighted by atomic mass is 10.1. The lowest BCUT2D eigenvalue weighted by molar-refractivity contribution is -0.125. The lowest BCUT2D eigenvalue weighted by Crippen LogP contribution is -2.28. The lowest BCUT2D eigenvalue weighted by Gasteiger charge is -2.15. The van der Waals surface area contributed by atoms with Gasteiger partial charge in [-0.1, -0.05) is 37.8 Å². The molecular formula is C16H21NO2. The number of hydrogen-bond donors (Lipinski definition) is 0. The summed E-state index contributed by atoms with van der Waals surface area (Å²) in [5.41, 5.74) is 2.53. The van der Waals surface area contributed by atoms with Gasteiger partial charge in [0.15, 0.2) is 0 Å². The number of nitrogens with zero attached hydrogens (tertiary/aromatic N) is 1. The molecule has 1 heterocycles. The van der Waals surface area contributed by atoms with Gasteiger partial charge in [0.2, 0.25) is 5.91 Å². The number of likely N-dealkylation sites (tertiary alicyclic amines) is 1. The maximum Gasteiger partial charge on any atom is 0.246 e. The molecule has 1 aromatic carbocycles. The van der Waals surface area contributed by atoms with Gasteiger partial charge in [-0.2, -0.15) is 0 Å². The Bertz CT molecular complexity index is 456. The van der Waals surface area contributed by atoms with Crippen LogP contribution in [-0.4, -0.2) is 30.0 Å². The smallest absolute Gasteiger partial charge is 0.246 e. The van der Waals surface area contributed by atoms with Gasteiger partial charge in [0.1, 0.15) is 0 Å². The zero-order chi connectivity index (χ0) is 13.7. The molecule has 3 heteroatoms. The van der Waals surface area contributed by atoms with Gasteiger partial charge in [0.05, 0.1) is 12.7 Å². The summed E-state index contributed by atoms with van der Waals surface area (Å²) in [6, 6.07) is 8.46. The molecule has 0 saturated carbocycles. The fraction of sp³-hybridized carbons (Fsp3) is 0.438. The Morgan fingerprint density at radius 1 is 1.53 bits per heavy atom. The Balaban J connectivity index is 1.83. The van der Waals surface area contributed by atoms with E-state index in [0.29, 0.717) is 13.2 Å². The summed E-state index contributed by atoms with van der Waals surface area (Å²) in [6.07, 6.45) is 3.47. The molecule has 0 spiro atoms. The van der Waals surface area contributed by atoms with Crippen molar-refractivity contribution >= 4 is 5.91 Å². The molecule has 1 aromatic rings. The van der Waals surface area contributed by atoms with Crippen LogP contribution in [0.3, 0.4) is 0 Å². The Hall–Kier alpha value is -1.61. The molecule has 0 aromatic heterocycles. The first kappa shape index (κ1) is 13.8. The molecule has 3 nitrogen and oxygen atoms in total. The maximum atomic E-state index is 11.5. The molecule has 1 saturated heterocycles. The third kappa shape index (κ3) is 3.67. The van der Waals surface area contributed by atoms with Crippen LogP contribution >= 0.6 is 0 Å². The molecule has 0 N–H and O–H groups in total. The first-order valence-electron chi connectivity index (χ1n) is 6.83. The number of hydrogen-bond acceptors (Lipinski definition) is 2. The summed E-state index contributed by atoms with van der Waals surface area (Å²) >= 11 is 0. The second kappa shape index (κ2) is 6.53. The third-order valence-electron chi connectivity index (χ3n) is 3.52. The number of carbonyl (C=O) groups is 1. The minimum Gasteiger partial charge on any atom is -0.372 e. The molecule has 1 atom stereocenters. The van der Waals surface area contributed by atoms with Crippen LogP contribution in [0.1, 0.15) is 24.5 Å². The van der Waals surface area contributed by atoms with Gasteiger partial charge in [-0.15, -0.1) is 0 Å². The first-order chi connectivity index (χ1) is 9.22. The molecule has 102 valence electrons. The van der Waals surface area contributed by atoms with Crippen molar-refractivity contribution in [2.75, 3.05) is 13.1 Å². The van der Waals surface area contributed by atoms with E-state index in [0.717, 1.165) is 19.4 Å². The largest absolute Gasteiger partial charge is 0.372 e. The molecule has 19 heavy (non-hydrogen) atoms. The van der Waals surface area contributed by atoms with Crippen LogP contribution in [-0.2, 0) is 22.6 Å². The van der Waals surface area contributed by atoms with Crippen LogP contribution in [0.5, 0.6) is 0 Å². The summed E-state index contributed by atoms with van der Waals surface area (Å²) < 4.78 is 5.89. The third-order valence-corrected chi connectivity index (χ3v) is 3.52. The summed E-state index contributed by atoms with van der Waals surface area (Å²) in [6.45, 7) is 7.73. The quantitative estimate of drug-likeness (QED) is 0.761. The average molecular weight is 259 g/mol. The van der Waals surface area contributed by atoms with Crippen molar-refractivity contribution in [2.24, 2.45) is 0 Å². The Labute approximate surface area is 114 Å². The normalized spacial score (nSPS) is 18.6. The molecule has 0 aliphatic carbocycles. The van der Waals surface area contributed by atoms with Crippen molar-refractivity contribution in [3.8, 4) is 0 Å². The van der Waals surface area contributed by atoms with Gasteiger partial charge in [-0.05, 0) is 30.0 Å². The average Bonchev–Trinajstić information content (AvgIpc) is 2.93. The molecule has 1 fully saturated rings. The Morgan fingerprint density at radius 3 is 3.05 bits per heavy atom. The number of amides is 1. The number of aryl methyl sites for hydroxylation is 1. The van der Waals surface area contributed by atoms with Gasteiger partial charge in [-0.3, -0.25) is 4.79 Å². The predicted octanol–water partition coefficient (Wildman–Crippen LogP) is 2.55. The molecule has 0 bridgehead atoms. The van der Waals surface area contributed by atoms with E-state index in [1.54, 1.807) is 4.90 Å². The molecule has 2 rings (SSSR count). The van der Waals surface area contributed by atoms with Crippen molar-refractivity contribution in [1.29, 1.82) is 0 Å². The molecular weight excluding hydrogens is 238 g/mol. The Morgan fingerprint density at radius 2 is 2.32 bits per heavy atom. The van der Waals surface area contributed by atoms with Gasteiger partial charge < -0.3 is 9.64 Å². The highest BCUT2D eigenvalue weighted by Gasteiger charge is 2.25. The highest BCUT2D eigenvalue weighted by molar-refractivity contribution is 5.87. The van der Waals surface area contributed by atoms with E-state index in [2.05, 4.69) is 37.8 Å². The van der Waals surface area contributed by atoms with Gasteiger partial charge in [0.25, 0.3) is 0 Å². The van der Waals surface area contributed by atoms with Crippen LogP contribution in [0.15, 0.2) is 36.9 Å². The van der Waals surface area contributed by atoms with E-state index in [-0.39, 0.29) is 12.0 Å². The van der Waals surface area contributed by atoms with E-state index in [1.807, 2.05) is 0 Å². The molecule has 1 amide bonds. The van der Waals surface area contributed by atoms with Gasteiger partial charge in [-0.25, -0.2) is 0 Å². The fourth-order valence-corrected chi connectivity index (χ4v) is 2.35. The zero-order valence-corrected chi connectivity index (χ0v) is 11.5. The highest BCUT2D eigenvalue weighted by Crippen LogP contribution is 2.15. The summed E-state index contributed by atoms with van der Waals surface area (Å²) in [5, 5.41) is 0.